The average molecular weight is 258 g/mol. The Hall–Kier alpha value is -1.30. The molecule has 0 aliphatic heterocycles. The molecule has 0 heterocycles. The number of rotatable bonds is 5. The largest absolute Gasteiger partial charge is 0.479 e. The van der Waals surface area contributed by atoms with Gasteiger partial charge in [0.05, 0.1) is 6.54 Å². The zero-order valence-electron chi connectivity index (χ0n) is 11.0. The Kier molecular flexibility index (Phi) is 5.91. The van der Waals surface area contributed by atoms with Crippen LogP contribution in [0.2, 0.25) is 0 Å². The molecule has 18 heavy (non-hydrogen) atoms. The number of urea groups is 1. The molecule has 1 rings (SSSR count). The molecule has 0 bridgehead atoms. The average Bonchev–Trinajstić information content (AvgIpc) is 2.39. The summed E-state index contributed by atoms with van der Waals surface area (Å²) in [4.78, 5) is 24.3. The van der Waals surface area contributed by atoms with E-state index in [1.165, 1.54) is 13.5 Å². The third kappa shape index (κ3) is 4.18. The van der Waals surface area contributed by atoms with Gasteiger partial charge in [0.25, 0.3) is 0 Å². The van der Waals surface area contributed by atoms with Crippen molar-refractivity contribution in [2.45, 2.75) is 44.2 Å². The van der Waals surface area contributed by atoms with Gasteiger partial charge in [-0.3, -0.25) is 0 Å². The lowest BCUT2D eigenvalue weighted by Crippen LogP contribution is -2.47. The molecule has 6 nitrogen and oxygen atoms in total. The first-order valence-corrected chi connectivity index (χ1v) is 6.32. The van der Waals surface area contributed by atoms with E-state index in [0.29, 0.717) is 0 Å². The standard InChI is InChI=1S/C12H22N2O4/c1-14(9-6-4-3-5-7-9)12(17)13-8-10(18-2)11(15)16/h9-10H,3-8H2,1-2H3,(H,13,17)(H,15,16). The van der Waals surface area contributed by atoms with E-state index in [-0.39, 0.29) is 18.6 Å². The Bertz CT molecular complexity index is 290. The number of hydrogen-bond acceptors (Lipinski definition) is 3. The number of aliphatic carboxylic acids is 1. The molecule has 104 valence electrons. The van der Waals surface area contributed by atoms with Crippen LogP contribution >= 0.6 is 0 Å². The number of ether oxygens (including phenoxy) is 1. The van der Waals surface area contributed by atoms with Gasteiger partial charge in [-0.15, -0.1) is 0 Å². The monoisotopic (exact) mass is 258 g/mol. The highest BCUT2D eigenvalue weighted by molar-refractivity contribution is 5.77. The number of hydrogen-bond donors (Lipinski definition) is 2. The van der Waals surface area contributed by atoms with Gasteiger partial charge >= 0.3 is 12.0 Å². The maximum absolute atomic E-state index is 11.9. The van der Waals surface area contributed by atoms with Gasteiger partial charge in [-0.05, 0) is 12.8 Å². The van der Waals surface area contributed by atoms with Crippen LogP contribution in [0.1, 0.15) is 32.1 Å². The number of carboxylic acids is 1. The van der Waals surface area contributed by atoms with Crippen molar-refractivity contribution in [3.05, 3.63) is 0 Å². The summed E-state index contributed by atoms with van der Waals surface area (Å²) in [5.74, 6) is -1.07. The smallest absolute Gasteiger partial charge is 0.334 e. The second kappa shape index (κ2) is 7.20. The summed E-state index contributed by atoms with van der Waals surface area (Å²) in [6.45, 7) is -0.0122. The van der Waals surface area contributed by atoms with E-state index in [1.807, 2.05) is 0 Å². The number of amides is 2. The van der Waals surface area contributed by atoms with Gasteiger partial charge in [0, 0.05) is 20.2 Å². The van der Waals surface area contributed by atoms with Crippen molar-refractivity contribution < 1.29 is 19.4 Å². The fraction of sp³-hybridized carbons (Fsp3) is 0.833. The molecule has 1 fully saturated rings. The van der Waals surface area contributed by atoms with Crippen LogP contribution in [-0.2, 0) is 9.53 Å². The quantitative estimate of drug-likeness (QED) is 0.773. The molecule has 6 heteroatoms. The van der Waals surface area contributed by atoms with Crippen molar-refractivity contribution in [1.82, 2.24) is 10.2 Å². The van der Waals surface area contributed by atoms with E-state index in [0.717, 1.165) is 25.7 Å². The Morgan fingerprint density at radius 3 is 2.50 bits per heavy atom. The molecule has 1 unspecified atom stereocenters. The van der Waals surface area contributed by atoms with E-state index in [4.69, 9.17) is 9.84 Å². The second-order valence-electron chi connectivity index (χ2n) is 4.65. The summed E-state index contributed by atoms with van der Waals surface area (Å²) in [7, 11) is 3.07. The summed E-state index contributed by atoms with van der Waals surface area (Å²) < 4.78 is 4.75. The van der Waals surface area contributed by atoms with Crippen LogP contribution in [0.4, 0.5) is 4.79 Å². The van der Waals surface area contributed by atoms with Crippen LogP contribution in [0.25, 0.3) is 0 Å². The number of nitrogens with zero attached hydrogens (tertiary/aromatic N) is 1. The molecule has 2 amide bonds. The van der Waals surface area contributed by atoms with Gasteiger partial charge in [-0.2, -0.15) is 0 Å². The highest BCUT2D eigenvalue weighted by Crippen LogP contribution is 2.21. The van der Waals surface area contributed by atoms with Gasteiger partial charge in [-0.25, -0.2) is 9.59 Å². The fourth-order valence-electron chi connectivity index (χ4n) is 2.21. The first-order valence-electron chi connectivity index (χ1n) is 6.32. The highest BCUT2D eigenvalue weighted by atomic mass is 16.5. The Morgan fingerprint density at radius 1 is 1.39 bits per heavy atom. The molecule has 2 N–H and O–H groups in total. The van der Waals surface area contributed by atoms with Crippen molar-refractivity contribution in [3.63, 3.8) is 0 Å². The number of carbonyl (C=O) groups excluding carboxylic acids is 1. The molecule has 0 aromatic carbocycles. The first kappa shape index (κ1) is 14.8. The van der Waals surface area contributed by atoms with Crippen molar-refractivity contribution in [1.29, 1.82) is 0 Å². The third-order valence-electron chi connectivity index (χ3n) is 3.44. The Labute approximate surface area is 107 Å². The lowest BCUT2D eigenvalue weighted by Gasteiger charge is -2.31. The Balaban J connectivity index is 2.37. The molecule has 1 atom stereocenters. The third-order valence-corrected chi connectivity index (χ3v) is 3.44. The zero-order chi connectivity index (χ0) is 13.5. The van der Waals surface area contributed by atoms with Crippen LogP contribution < -0.4 is 5.32 Å². The Morgan fingerprint density at radius 2 is 2.00 bits per heavy atom. The topological polar surface area (TPSA) is 78.9 Å². The van der Waals surface area contributed by atoms with Gasteiger partial charge in [0.1, 0.15) is 0 Å². The summed E-state index contributed by atoms with van der Waals surface area (Å²) in [6.07, 6.45) is 4.59. The van der Waals surface area contributed by atoms with Crippen molar-refractivity contribution >= 4 is 12.0 Å². The molecular weight excluding hydrogens is 236 g/mol. The first-order chi connectivity index (χ1) is 8.56. The predicted octanol–water partition coefficient (Wildman–Crippen LogP) is 1.06. The molecule has 0 aromatic rings. The van der Waals surface area contributed by atoms with Crippen molar-refractivity contribution in [3.8, 4) is 0 Å². The lowest BCUT2D eigenvalue weighted by molar-refractivity contribution is -0.148. The normalized spacial score (nSPS) is 18.1. The molecule has 1 aliphatic carbocycles. The molecular formula is C12H22N2O4. The number of carboxylic acid groups (broad SMARTS) is 1. The van der Waals surface area contributed by atoms with Gasteiger partial charge in [0.15, 0.2) is 6.10 Å². The van der Waals surface area contributed by atoms with Crippen LogP contribution in [0.15, 0.2) is 0 Å². The summed E-state index contributed by atoms with van der Waals surface area (Å²) in [5.41, 5.74) is 0. The van der Waals surface area contributed by atoms with Gasteiger partial charge < -0.3 is 20.1 Å². The van der Waals surface area contributed by atoms with Crippen LogP contribution in [0.3, 0.4) is 0 Å². The van der Waals surface area contributed by atoms with E-state index in [1.54, 1.807) is 11.9 Å². The predicted molar refractivity (Wildman–Crippen MR) is 66.5 cm³/mol. The van der Waals surface area contributed by atoms with Crippen molar-refractivity contribution in [2.75, 3.05) is 20.7 Å². The maximum Gasteiger partial charge on any atom is 0.334 e. The number of carbonyl (C=O) groups is 2. The zero-order valence-corrected chi connectivity index (χ0v) is 11.0. The van der Waals surface area contributed by atoms with Crippen LogP contribution in [0, 0.1) is 0 Å². The minimum Gasteiger partial charge on any atom is -0.479 e. The van der Waals surface area contributed by atoms with Gasteiger partial charge in [0.2, 0.25) is 0 Å². The second-order valence-corrected chi connectivity index (χ2v) is 4.65. The fourth-order valence-corrected chi connectivity index (χ4v) is 2.21. The molecule has 0 aromatic heterocycles. The SMILES string of the molecule is COC(CNC(=O)N(C)C1CCCCC1)C(=O)O. The molecule has 1 aliphatic rings. The maximum atomic E-state index is 11.9. The van der Waals surface area contributed by atoms with Crippen molar-refractivity contribution in [2.24, 2.45) is 0 Å². The molecule has 0 spiro atoms. The van der Waals surface area contributed by atoms with Gasteiger partial charge in [-0.1, -0.05) is 19.3 Å². The lowest BCUT2D eigenvalue weighted by atomic mass is 9.95. The summed E-state index contributed by atoms with van der Waals surface area (Å²) >= 11 is 0. The van der Waals surface area contributed by atoms with Crippen LogP contribution in [-0.4, -0.2) is 54.9 Å². The highest BCUT2D eigenvalue weighted by Gasteiger charge is 2.23. The molecule has 1 saturated carbocycles. The minimum atomic E-state index is -1.07. The number of methoxy groups -OCH3 is 1. The number of nitrogens with one attached hydrogen (secondary N) is 1. The van der Waals surface area contributed by atoms with E-state index in [9.17, 15) is 9.59 Å². The summed E-state index contributed by atoms with van der Waals surface area (Å²) in [6, 6.07) is 0.0368. The van der Waals surface area contributed by atoms with E-state index in [2.05, 4.69) is 5.32 Å². The summed E-state index contributed by atoms with van der Waals surface area (Å²) in [5, 5.41) is 11.4. The van der Waals surface area contributed by atoms with E-state index < -0.39 is 12.1 Å². The van der Waals surface area contributed by atoms with E-state index >= 15 is 0 Å². The molecule has 0 saturated heterocycles. The minimum absolute atomic E-state index is 0.0122. The van der Waals surface area contributed by atoms with Crippen LogP contribution in [0.5, 0.6) is 0 Å². The molecule has 0 radical (unpaired) electrons.